The summed E-state index contributed by atoms with van der Waals surface area (Å²) in [4.78, 5) is 13.4. The molecule has 82 valence electrons. The summed E-state index contributed by atoms with van der Waals surface area (Å²) in [5, 5.41) is 10.5. The van der Waals surface area contributed by atoms with Crippen LogP contribution in [-0.2, 0) is 5.88 Å². The molecule has 0 saturated heterocycles. The van der Waals surface area contributed by atoms with Gasteiger partial charge >= 0.3 is 0 Å². The predicted molar refractivity (Wildman–Crippen MR) is 58.1 cm³/mol. The first-order valence-corrected chi connectivity index (χ1v) is 5.26. The minimum Gasteiger partial charge on any atom is -0.258 e. The van der Waals surface area contributed by atoms with Crippen LogP contribution in [0.5, 0.6) is 0 Å². The molecule has 0 N–H and O–H groups in total. The van der Waals surface area contributed by atoms with Crippen molar-refractivity contribution < 1.29 is 13.7 Å². The highest BCUT2D eigenvalue weighted by atomic mass is 127. The molecule has 1 heterocycles. The number of aromatic nitrogens is 1. The molecule has 15 heavy (non-hydrogen) atoms. The van der Waals surface area contributed by atoms with Crippen LogP contribution in [0, 0.1) is 13.8 Å². The number of rotatable bonds is 3. The largest absolute Gasteiger partial charge is 0.282 e. The van der Waals surface area contributed by atoms with Gasteiger partial charge in [0.25, 0.3) is 12.1 Å². The Labute approximate surface area is 102 Å². The highest BCUT2D eigenvalue weighted by Gasteiger charge is 2.26. The van der Waals surface area contributed by atoms with E-state index in [9.17, 15) is 18.9 Å². The molecule has 4 nitrogen and oxygen atoms in total. The maximum atomic E-state index is 12.6. The Kier molecular flexibility index (Phi) is 4.14. The number of hydrogen-bond donors (Lipinski definition) is 0. The Bertz CT molecular complexity index is 403. The van der Waals surface area contributed by atoms with E-state index in [1.807, 2.05) is 0 Å². The van der Waals surface area contributed by atoms with Crippen molar-refractivity contribution in [1.29, 1.82) is 0 Å². The van der Waals surface area contributed by atoms with Gasteiger partial charge < -0.3 is 0 Å². The van der Waals surface area contributed by atoms with E-state index in [1.54, 1.807) is 22.6 Å². The standard InChI is InChI=1S/C7H4ClF2IN2O2/c8-2-3-6(7(9)10)4(13(14)15)1-5(11)12-3/h1,7H,2H2. The minimum atomic E-state index is -2.95. The Morgan fingerprint density at radius 1 is 1.67 bits per heavy atom. The first-order chi connectivity index (χ1) is 6.97. The van der Waals surface area contributed by atoms with Crippen LogP contribution in [0.1, 0.15) is 17.7 Å². The zero-order valence-corrected chi connectivity index (χ0v) is 10.00. The Morgan fingerprint density at radius 3 is 2.67 bits per heavy atom. The molecule has 0 aliphatic carbocycles. The molecule has 0 aliphatic heterocycles. The summed E-state index contributed by atoms with van der Waals surface area (Å²) < 4.78 is 25.4. The fourth-order valence-corrected chi connectivity index (χ4v) is 1.84. The van der Waals surface area contributed by atoms with Crippen molar-refractivity contribution >= 4 is 39.9 Å². The molecular weight excluding hydrogens is 344 g/mol. The van der Waals surface area contributed by atoms with Gasteiger partial charge in [0.15, 0.2) is 0 Å². The Hall–Kier alpha value is -0.570. The number of alkyl halides is 3. The Balaban J connectivity index is 3.47. The smallest absolute Gasteiger partial charge is 0.258 e. The summed E-state index contributed by atoms with van der Waals surface area (Å²) in [6.45, 7) is 0. The topological polar surface area (TPSA) is 56.0 Å². The van der Waals surface area contributed by atoms with E-state index in [1.165, 1.54) is 0 Å². The molecule has 1 rings (SSSR count). The van der Waals surface area contributed by atoms with E-state index in [4.69, 9.17) is 11.6 Å². The first-order valence-electron chi connectivity index (χ1n) is 3.65. The van der Waals surface area contributed by atoms with Crippen LogP contribution in [0.4, 0.5) is 14.5 Å². The number of halogens is 4. The third-order valence-corrected chi connectivity index (χ3v) is 2.43. The highest BCUT2D eigenvalue weighted by molar-refractivity contribution is 14.1. The number of nitro groups is 1. The van der Waals surface area contributed by atoms with Gasteiger partial charge in [-0.2, -0.15) is 0 Å². The van der Waals surface area contributed by atoms with Crippen molar-refractivity contribution in [3.63, 3.8) is 0 Å². The van der Waals surface area contributed by atoms with Crippen LogP contribution in [0.3, 0.4) is 0 Å². The summed E-state index contributed by atoms with van der Waals surface area (Å²) in [6.07, 6.45) is -2.95. The lowest BCUT2D eigenvalue weighted by Gasteiger charge is -2.06. The quantitative estimate of drug-likeness (QED) is 0.277. The van der Waals surface area contributed by atoms with Crippen LogP contribution >= 0.6 is 34.2 Å². The maximum absolute atomic E-state index is 12.6. The zero-order chi connectivity index (χ0) is 11.6. The second-order valence-corrected chi connectivity index (χ2v) is 3.89. The van der Waals surface area contributed by atoms with Crippen LogP contribution in [0.2, 0.25) is 0 Å². The van der Waals surface area contributed by atoms with Gasteiger partial charge in [0.05, 0.1) is 16.5 Å². The van der Waals surface area contributed by atoms with Gasteiger partial charge in [-0.05, 0) is 22.6 Å². The summed E-state index contributed by atoms with van der Waals surface area (Å²) in [6, 6.07) is 0.998. The lowest BCUT2D eigenvalue weighted by Crippen LogP contribution is -2.04. The second-order valence-electron chi connectivity index (χ2n) is 2.52. The van der Waals surface area contributed by atoms with Gasteiger partial charge in [0, 0.05) is 6.07 Å². The molecule has 1 aromatic heterocycles. The molecule has 8 heteroatoms. The van der Waals surface area contributed by atoms with E-state index in [2.05, 4.69) is 4.98 Å². The average Bonchev–Trinajstić information content (AvgIpc) is 2.15. The average molecular weight is 348 g/mol. The van der Waals surface area contributed by atoms with Crippen molar-refractivity contribution in [2.75, 3.05) is 0 Å². The molecule has 0 aromatic carbocycles. The number of hydrogen-bond acceptors (Lipinski definition) is 3. The van der Waals surface area contributed by atoms with Gasteiger partial charge in [-0.25, -0.2) is 13.8 Å². The molecule has 0 unspecified atom stereocenters. The Morgan fingerprint density at radius 2 is 2.27 bits per heavy atom. The first kappa shape index (κ1) is 12.5. The van der Waals surface area contributed by atoms with Crippen LogP contribution < -0.4 is 0 Å². The zero-order valence-electron chi connectivity index (χ0n) is 7.08. The van der Waals surface area contributed by atoms with E-state index in [-0.39, 0.29) is 15.3 Å². The minimum absolute atomic E-state index is 0.148. The van der Waals surface area contributed by atoms with Crippen molar-refractivity contribution in [2.45, 2.75) is 12.3 Å². The number of pyridine rings is 1. The van der Waals surface area contributed by atoms with Crippen molar-refractivity contribution in [2.24, 2.45) is 0 Å². The van der Waals surface area contributed by atoms with Gasteiger partial charge in [-0.15, -0.1) is 11.6 Å². The highest BCUT2D eigenvalue weighted by Crippen LogP contribution is 2.32. The monoisotopic (exact) mass is 348 g/mol. The lowest BCUT2D eigenvalue weighted by molar-refractivity contribution is -0.386. The van der Waals surface area contributed by atoms with E-state index in [0.717, 1.165) is 6.07 Å². The van der Waals surface area contributed by atoms with Crippen molar-refractivity contribution in [1.82, 2.24) is 4.98 Å². The fraction of sp³-hybridized carbons (Fsp3) is 0.286. The third kappa shape index (κ3) is 2.71. The molecule has 1 aromatic rings. The fourth-order valence-electron chi connectivity index (χ4n) is 1.05. The van der Waals surface area contributed by atoms with Gasteiger partial charge in [0.1, 0.15) is 9.26 Å². The van der Waals surface area contributed by atoms with E-state index >= 15 is 0 Å². The summed E-state index contributed by atoms with van der Waals surface area (Å²) in [5.41, 5.74) is -1.49. The van der Waals surface area contributed by atoms with Crippen LogP contribution in [0.15, 0.2) is 6.07 Å². The second kappa shape index (κ2) is 4.97. The van der Waals surface area contributed by atoms with Crippen molar-refractivity contribution in [3.05, 3.63) is 31.1 Å². The molecule has 0 saturated carbocycles. The number of nitrogens with zero attached hydrogens (tertiary/aromatic N) is 2. The predicted octanol–water partition coefficient (Wildman–Crippen LogP) is 3.27. The van der Waals surface area contributed by atoms with Gasteiger partial charge in [-0.3, -0.25) is 10.1 Å². The molecule has 0 radical (unpaired) electrons. The lowest BCUT2D eigenvalue weighted by atomic mass is 10.2. The maximum Gasteiger partial charge on any atom is 0.282 e. The SMILES string of the molecule is O=[N+]([O-])c1cc(I)nc(CCl)c1C(F)F. The van der Waals surface area contributed by atoms with E-state index in [0.29, 0.717) is 0 Å². The van der Waals surface area contributed by atoms with Crippen LogP contribution in [-0.4, -0.2) is 9.91 Å². The molecule has 0 spiro atoms. The summed E-state index contributed by atoms with van der Waals surface area (Å²) in [7, 11) is 0. The van der Waals surface area contributed by atoms with Gasteiger partial charge in [0.2, 0.25) is 0 Å². The molecule has 0 bridgehead atoms. The molecule has 0 fully saturated rings. The summed E-state index contributed by atoms with van der Waals surface area (Å²) in [5.74, 6) is -0.280. The third-order valence-electron chi connectivity index (χ3n) is 1.63. The normalized spacial score (nSPS) is 10.7. The molecular formula is C7H4ClF2IN2O2. The van der Waals surface area contributed by atoms with Crippen LogP contribution in [0.25, 0.3) is 0 Å². The van der Waals surface area contributed by atoms with E-state index < -0.39 is 22.6 Å². The van der Waals surface area contributed by atoms with Crippen molar-refractivity contribution in [3.8, 4) is 0 Å². The molecule has 0 aliphatic rings. The molecule has 0 atom stereocenters. The summed E-state index contributed by atoms with van der Waals surface area (Å²) >= 11 is 7.11. The van der Waals surface area contributed by atoms with Gasteiger partial charge in [-0.1, -0.05) is 0 Å². The molecule has 0 amide bonds.